The molecule has 1 heterocycles. The van der Waals surface area contributed by atoms with Crippen LogP contribution < -0.4 is 11.1 Å². The van der Waals surface area contributed by atoms with Crippen LogP contribution in [0.4, 0.5) is 5.69 Å². The minimum absolute atomic E-state index is 0.0309. The Bertz CT molecular complexity index is 591. The maximum absolute atomic E-state index is 12.5. The van der Waals surface area contributed by atoms with Crippen LogP contribution >= 0.6 is 11.3 Å². The van der Waals surface area contributed by atoms with Gasteiger partial charge in [-0.05, 0) is 42.0 Å². The summed E-state index contributed by atoms with van der Waals surface area (Å²) in [6.45, 7) is 6.09. The molecule has 0 radical (unpaired) electrons. The number of rotatable bonds is 4. The van der Waals surface area contributed by atoms with E-state index in [2.05, 4.69) is 25.2 Å². The molecule has 20 heavy (non-hydrogen) atoms. The number of anilines is 1. The van der Waals surface area contributed by atoms with Crippen molar-refractivity contribution in [2.75, 3.05) is 5.73 Å². The molecule has 0 aliphatic rings. The van der Waals surface area contributed by atoms with Crippen molar-refractivity contribution < 1.29 is 4.79 Å². The van der Waals surface area contributed by atoms with E-state index in [1.165, 1.54) is 4.88 Å². The lowest BCUT2D eigenvalue weighted by atomic mass is 10.0. The van der Waals surface area contributed by atoms with Crippen LogP contribution in [0.3, 0.4) is 0 Å². The highest BCUT2D eigenvalue weighted by Gasteiger charge is 2.21. The van der Waals surface area contributed by atoms with E-state index in [1.54, 1.807) is 11.3 Å². The lowest BCUT2D eigenvalue weighted by Crippen LogP contribution is -2.31. The molecule has 1 atom stereocenters. The van der Waals surface area contributed by atoms with Crippen LogP contribution in [0.15, 0.2) is 35.7 Å². The number of nitrogens with one attached hydrogen (secondary N) is 1. The van der Waals surface area contributed by atoms with Crippen LogP contribution in [-0.2, 0) is 0 Å². The van der Waals surface area contributed by atoms with Gasteiger partial charge in [0.1, 0.15) is 0 Å². The summed E-state index contributed by atoms with van der Waals surface area (Å²) >= 11 is 1.66. The smallest absolute Gasteiger partial charge is 0.252 e. The molecule has 0 aliphatic carbocycles. The second kappa shape index (κ2) is 6.09. The van der Waals surface area contributed by atoms with Crippen LogP contribution in [0.2, 0.25) is 0 Å². The predicted molar refractivity (Wildman–Crippen MR) is 85.0 cm³/mol. The van der Waals surface area contributed by atoms with Gasteiger partial charge in [0.25, 0.3) is 5.91 Å². The van der Waals surface area contributed by atoms with Crippen molar-refractivity contribution in [2.24, 2.45) is 5.92 Å². The molecule has 106 valence electrons. The lowest BCUT2D eigenvalue weighted by Gasteiger charge is -2.22. The van der Waals surface area contributed by atoms with Gasteiger partial charge in [0.05, 0.1) is 6.04 Å². The second-order valence-electron chi connectivity index (χ2n) is 5.23. The Morgan fingerprint density at radius 2 is 2.00 bits per heavy atom. The third kappa shape index (κ3) is 3.02. The zero-order valence-corrected chi connectivity index (χ0v) is 12.8. The highest BCUT2D eigenvalue weighted by Crippen LogP contribution is 2.26. The second-order valence-corrected chi connectivity index (χ2v) is 6.21. The first kappa shape index (κ1) is 14.6. The molecule has 4 heteroatoms. The summed E-state index contributed by atoms with van der Waals surface area (Å²) in [6, 6.07) is 9.53. The number of hydrogen-bond donors (Lipinski definition) is 2. The number of benzene rings is 1. The van der Waals surface area contributed by atoms with Gasteiger partial charge < -0.3 is 11.1 Å². The third-order valence-corrected chi connectivity index (χ3v) is 4.38. The SMILES string of the molecule is Cc1c(N)cccc1C(=O)NC(c1cccs1)C(C)C. The lowest BCUT2D eigenvalue weighted by molar-refractivity contribution is 0.0926. The molecule has 0 saturated heterocycles. The number of amides is 1. The van der Waals surface area contributed by atoms with Crippen molar-refractivity contribution in [1.82, 2.24) is 5.32 Å². The Balaban J connectivity index is 2.23. The van der Waals surface area contributed by atoms with Gasteiger partial charge in [0.15, 0.2) is 0 Å². The van der Waals surface area contributed by atoms with E-state index in [-0.39, 0.29) is 11.9 Å². The predicted octanol–water partition coefficient (Wildman–Crippen LogP) is 3.77. The van der Waals surface area contributed by atoms with Gasteiger partial charge in [-0.1, -0.05) is 26.0 Å². The number of carbonyl (C=O) groups is 1. The number of thiophene rings is 1. The Kier molecular flexibility index (Phi) is 4.45. The summed E-state index contributed by atoms with van der Waals surface area (Å²) in [5.41, 5.74) is 7.99. The minimum Gasteiger partial charge on any atom is -0.398 e. The summed E-state index contributed by atoms with van der Waals surface area (Å²) in [6.07, 6.45) is 0. The van der Waals surface area contributed by atoms with Gasteiger partial charge in [-0.25, -0.2) is 0 Å². The largest absolute Gasteiger partial charge is 0.398 e. The van der Waals surface area contributed by atoms with Crippen molar-refractivity contribution in [2.45, 2.75) is 26.8 Å². The van der Waals surface area contributed by atoms with Gasteiger partial charge >= 0.3 is 0 Å². The van der Waals surface area contributed by atoms with Crippen LogP contribution in [-0.4, -0.2) is 5.91 Å². The van der Waals surface area contributed by atoms with Gasteiger partial charge in [-0.2, -0.15) is 0 Å². The van der Waals surface area contributed by atoms with E-state index < -0.39 is 0 Å². The van der Waals surface area contributed by atoms with Gasteiger partial charge in [-0.3, -0.25) is 4.79 Å². The van der Waals surface area contributed by atoms with Crippen LogP contribution in [0, 0.1) is 12.8 Å². The number of carbonyl (C=O) groups excluding carboxylic acids is 1. The molecule has 0 spiro atoms. The topological polar surface area (TPSA) is 55.1 Å². The molecule has 1 unspecified atom stereocenters. The molecular formula is C16H20N2OS. The maximum Gasteiger partial charge on any atom is 0.252 e. The van der Waals surface area contributed by atoms with E-state index >= 15 is 0 Å². The fourth-order valence-corrected chi connectivity index (χ4v) is 3.10. The monoisotopic (exact) mass is 288 g/mol. The molecule has 0 saturated carbocycles. The molecule has 0 bridgehead atoms. The third-order valence-electron chi connectivity index (χ3n) is 3.42. The first-order valence-electron chi connectivity index (χ1n) is 6.70. The zero-order chi connectivity index (χ0) is 14.7. The normalized spacial score (nSPS) is 12.4. The van der Waals surface area contributed by atoms with E-state index in [4.69, 9.17) is 5.73 Å². The zero-order valence-electron chi connectivity index (χ0n) is 12.0. The molecule has 0 fully saturated rings. The summed E-state index contributed by atoms with van der Waals surface area (Å²) < 4.78 is 0. The van der Waals surface area contributed by atoms with Gasteiger partial charge in [-0.15, -0.1) is 11.3 Å². The summed E-state index contributed by atoms with van der Waals surface area (Å²) in [5.74, 6) is 0.265. The summed E-state index contributed by atoms with van der Waals surface area (Å²) in [7, 11) is 0. The Morgan fingerprint density at radius 1 is 1.25 bits per heavy atom. The highest BCUT2D eigenvalue weighted by atomic mass is 32.1. The van der Waals surface area contributed by atoms with Crippen molar-refractivity contribution in [3.63, 3.8) is 0 Å². The van der Waals surface area contributed by atoms with E-state index in [1.807, 2.05) is 36.6 Å². The van der Waals surface area contributed by atoms with Crippen molar-refractivity contribution in [3.05, 3.63) is 51.7 Å². The molecule has 1 amide bonds. The average Bonchev–Trinajstić information content (AvgIpc) is 2.92. The molecule has 0 aliphatic heterocycles. The number of nitrogens with two attached hydrogens (primary N) is 1. The summed E-state index contributed by atoms with van der Waals surface area (Å²) in [4.78, 5) is 13.6. The number of hydrogen-bond acceptors (Lipinski definition) is 3. The quantitative estimate of drug-likeness (QED) is 0.841. The van der Waals surface area contributed by atoms with Crippen molar-refractivity contribution >= 4 is 22.9 Å². The molecular weight excluding hydrogens is 268 g/mol. The Morgan fingerprint density at radius 3 is 2.60 bits per heavy atom. The first-order valence-corrected chi connectivity index (χ1v) is 7.58. The van der Waals surface area contributed by atoms with Crippen LogP contribution in [0.25, 0.3) is 0 Å². The van der Waals surface area contributed by atoms with Gasteiger partial charge in [0.2, 0.25) is 0 Å². The van der Waals surface area contributed by atoms with Crippen LogP contribution in [0.5, 0.6) is 0 Å². The van der Waals surface area contributed by atoms with E-state index in [0.29, 0.717) is 17.2 Å². The van der Waals surface area contributed by atoms with Crippen molar-refractivity contribution in [3.8, 4) is 0 Å². The van der Waals surface area contributed by atoms with E-state index in [0.717, 1.165) is 5.56 Å². The van der Waals surface area contributed by atoms with Crippen LogP contribution in [0.1, 0.15) is 40.7 Å². The molecule has 2 aromatic rings. The molecule has 3 N–H and O–H groups in total. The fourth-order valence-electron chi connectivity index (χ4n) is 2.15. The van der Waals surface area contributed by atoms with Crippen molar-refractivity contribution in [1.29, 1.82) is 0 Å². The molecule has 3 nitrogen and oxygen atoms in total. The Labute approximate surface area is 123 Å². The number of nitrogen functional groups attached to an aromatic ring is 1. The van der Waals surface area contributed by atoms with E-state index in [9.17, 15) is 4.79 Å². The fraction of sp³-hybridized carbons (Fsp3) is 0.312. The first-order chi connectivity index (χ1) is 9.50. The Hall–Kier alpha value is -1.81. The van der Waals surface area contributed by atoms with Gasteiger partial charge in [0, 0.05) is 16.1 Å². The highest BCUT2D eigenvalue weighted by molar-refractivity contribution is 7.10. The molecule has 1 aromatic carbocycles. The minimum atomic E-state index is -0.0677. The maximum atomic E-state index is 12.5. The summed E-state index contributed by atoms with van der Waals surface area (Å²) in [5, 5.41) is 5.15. The standard InChI is InChI=1S/C16H20N2OS/c1-10(2)15(14-8-5-9-20-14)18-16(19)12-6-4-7-13(17)11(12)3/h4-10,15H,17H2,1-3H3,(H,18,19). The molecule has 1 aromatic heterocycles. The molecule has 2 rings (SSSR count). The average molecular weight is 288 g/mol.